The number of carbonyl (C=O) groups is 1. The van der Waals surface area contributed by atoms with Crippen LogP contribution in [0.25, 0.3) is 0 Å². The van der Waals surface area contributed by atoms with E-state index < -0.39 is 5.97 Å². The number of hydrogen-bond acceptors (Lipinski definition) is 2. The lowest BCUT2D eigenvalue weighted by molar-refractivity contribution is -0.137. The van der Waals surface area contributed by atoms with Gasteiger partial charge in [0.2, 0.25) is 0 Å². The van der Waals surface area contributed by atoms with Gasteiger partial charge >= 0.3 is 5.97 Å². The highest BCUT2D eigenvalue weighted by Crippen LogP contribution is 2.17. The molecule has 19 heavy (non-hydrogen) atoms. The molecule has 0 amide bonds. The van der Waals surface area contributed by atoms with Gasteiger partial charge in [-0.2, -0.15) is 0 Å². The van der Waals surface area contributed by atoms with Crippen molar-refractivity contribution >= 4 is 21.9 Å². The molecule has 5 heteroatoms. The largest absolute Gasteiger partial charge is 0.481 e. The van der Waals surface area contributed by atoms with Gasteiger partial charge in [0, 0.05) is 17.4 Å². The Balaban J connectivity index is 2.23. The molecule has 0 bridgehead atoms. The number of nitrogens with one attached hydrogen (secondary N) is 1. The molecule has 1 atom stereocenters. The Morgan fingerprint density at radius 2 is 2.21 bits per heavy atom. The fraction of sp³-hybridized carbons (Fsp3) is 0.500. The van der Waals surface area contributed by atoms with E-state index in [0.29, 0.717) is 18.9 Å². The molecule has 1 rings (SSSR count). The highest BCUT2D eigenvalue weighted by atomic mass is 79.9. The number of rotatable bonds is 8. The first-order valence-electron chi connectivity index (χ1n) is 6.35. The minimum Gasteiger partial charge on any atom is -0.481 e. The van der Waals surface area contributed by atoms with Gasteiger partial charge in [-0.25, -0.2) is 4.39 Å². The molecule has 1 unspecified atom stereocenters. The molecule has 1 aromatic carbocycles. The molecule has 1 aromatic rings. The SMILES string of the molecule is CC(CCNCc1cc(F)ccc1Br)CCC(=O)O. The van der Waals surface area contributed by atoms with Crippen molar-refractivity contribution in [3.8, 4) is 0 Å². The molecular weight excluding hydrogens is 313 g/mol. The molecule has 0 aliphatic heterocycles. The van der Waals surface area contributed by atoms with Crippen LogP contribution in [0.4, 0.5) is 4.39 Å². The minimum absolute atomic E-state index is 0.219. The Hall–Kier alpha value is -0.940. The average molecular weight is 332 g/mol. The highest BCUT2D eigenvalue weighted by Gasteiger charge is 2.06. The molecule has 0 aliphatic rings. The lowest BCUT2D eigenvalue weighted by Crippen LogP contribution is -2.17. The van der Waals surface area contributed by atoms with Crippen molar-refractivity contribution in [2.75, 3.05) is 6.54 Å². The zero-order valence-electron chi connectivity index (χ0n) is 11.0. The Morgan fingerprint density at radius 1 is 1.47 bits per heavy atom. The van der Waals surface area contributed by atoms with Crippen LogP contribution < -0.4 is 5.32 Å². The molecule has 0 aromatic heterocycles. The van der Waals surface area contributed by atoms with Crippen molar-refractivity contribution in [3.05, 3.63) is 34.1 Å². The van der Waals surface area contributed by atoms with Crippen LogP contribution in [0.5, 0.6) is 0 Å². The van der Waals surface area contributed by atoms with Crippen molar-refractivity contribution < 1.29 is 14.3 Å². The third-order valence-electron chi connectivity index (χ3n) is 2.99. The van der Waals surface area contributed by atoms with Crippen LogP contribution in [0.3, 0.4) is 0 Å². The number of benzene rings is 1. The van der Waals surface area contributed by atoms with Crippen LogP contribution in [-0.2, 0) is 11.3 Å². The van der Waals surface area contributed by atoms with E-state index in [1.807, 2.05) is 6.92 Å². The van der Waals surface area contributed by atoms with Crippen molar-refractivity contribution in [2.24, 2.45) is 5.92 Å². The summed E-state index contributed by atoms with van der Waals surface area (Å²) in [4.78, 5) is 10.4. The van der Waals surface area contributed by atoms with E-state index in [9.17, 15) is 9.18 Å². The second-order valence-electron chi connectivity index (χ2n) is 4.74. The molecule has 0 saturated heterocycles. The number of hydrogen-bond donors (Lipinski definition) is 2. The van der Waals surface area contributed by atoms with Crippen molar-refractivity contribution in [1.29, 1.82) is 0 Å². The summed E-state index contributed by atoms with van der Waals surface area (Å²) >= 11 is 3.38. The molecule has 0 radical (unpaired) electrons. The smallest absolute Gasteiger partial charge is 0.303 e. The molecule has 2 N–H and O–H groups in total. The van der Waals surface area contributed by atoms with Gasteiger partial charge < -0.3 is 10.4 Å². The molecule has 106 valence electrons. The summed E-state index contributed by atoms with van der Waals surface area (Å²) in [6.45, 7) is 3.44. The summed E-state index contributed by atoms with van der Waals surface area (Å²) in [5.74, 6) is -0.613. The molecule has 0 heterocycles. The van der Waals surface area contributed by atoms with Gasteiger partial charge in [-0.05, 0) is 49.1 Å². The lowest BCUT2D eigenvalue weighted by Gasteiger charge is -2.11. The zero-order chi connectivity index (χ0) is 14.3. The maximum Gasteiger partial charge on any atom is 0.303 e. The zero-order valence-corrected chi connectivity index (χ0v) is 12.5. The van der Waals surface area contributed by atoms with Crippen molar-refractivity contribution in [1.82, 2.24) is 5.32 Å². The number of aliphatic carboxylic acids is 1. The van der Waals surface area contributed by atoms with E-state index >= 15 is 0 Å². The highest BCUT2D eigenvalue weighted by molar-refractivity contribution is 9.10. The third kappa shape index (κ3) is 6.68. The van der Waals surface area contributed by atoms with E-state index in [-0.39, 0.29) is 12.2 Å². The Kier molecular flexibility index (Phi) is 7.02. The topological polar surface area (TPSA) is 49.3 Å². The summed E-state index contributed by atoms with van der Waals surface area (Å²) in [6.07, 6.45) is 1.83. The Labute approximate surface area is 121 Å². The van der Waals surface area contributed by atoms with Crippen LogP contribution in [0.1, 0.15) is 31.7 Å². The predicted octanol–water partition coefficient (Wildman–Crippen LogP) is 3.57. The lowest BCUT2D eigenvalue weighted by atomic mass is 10.0. The summed E-state index contributed by atoms with van der Waals surface area (Å²) in [5, 5.41) is 11.8. The van der Waals surface area contributed by atoms with E-state index in [1.165, 1.54) is 12.1 Å². The average Bonchev–Trinajstić information content (AvgIpc) is 2.36. The van der Waals surface area contributed by atoms with Gasteiger partial charge in [0.1, 0.15) is 5.82 Å². The Morgan fingerprint density at radius 3 is 2.89 bits per heavy atom. The fourth-order valence-electron chi connectivity index (χ4n) is 1.76. The van der Waals surface area contributed by atoms with Crippen LogP contribution in [0.15, 0.2) is 22.7 Å². The van der Waals surface area contributed by atoms with E-state index in [1.54, 1.807) is 6.07 Å². The van der Waals surface area contributed by atoms with Gasteiger partial charge in [0.25, 0.3) is 0 Å². The maximum absolute atomic E-state index is 13.1. The first-order chi connectivity index (χ1) is 8.99. The predicted molar refractivity (Wildman–Crippen MR) is 76.5 cm³/mol. The van der Waals surface area contributed by atoms with E-state index in [0.717, 1.165) is 23.0 Å². The molecule has 0 saturated carbocycles. The third-order valence-corrected chi connectivity index (χ3v) is 3.76. The Bertz CT molecular complexity index is 426. The number of halogens is 2. The van der Waals surface area contributed by atoms with E-state index in [2.05, 4.69) is 21.2 Å². The summed E-state index contributed by atoms with van der Waals surface area (Å²) in [6, 6.07) is 4.62. The molecule has 0 aliphatic carbocycles. The number of carboxylic acids is 1. The standard InChI is InChI=1S/C14H19BrFNO2/c1-10(2-5-14(18)19)6-7-17-9-11-8-12(16)3-4-13(11)15/h3-4,8,10,17H,2,5-7,9H2,1H3,(H,18,19). The normalized spacial score (nSPS) is 12.4. The second-order valence-corrected chi connectivity index (χ2v) is 5.59. The number of carboxylic acid groups (broad SMARTS) is 1. The van der Waals surface area contributed by atoms with Gasteiger partial charge in [-0.15, -0.1) is 0 Å². The maximum atomic E-state index is 13.1. The first kappa shape index (κ1) is 16.1. The first-order valence-corrected chi connectivity index (χ1v) is 7.14. The van der Waals surface area contributed by atoms with Crippen molar-refractivity contribution in [3.63, 3.8) is 0 Å². The van der Waals surface area contributed by atoms with Crippen LogP contribution in [-0.4, -0.2) is 17.6 Å². The van der Waals surface area contributed by atoms with Crippen LogP contribution in [0.2, 0.25) is 0 Å². The quantitative estimate of drug-likeness (QED) is 0.716. The van der Waals surface area contributed by atoms with Gasteiger partial charge in [0.15, 0.2) is 0 Å². The summed E-state index contributed by atoms with van der Waals surface area (Å²) < 4.78 is 13.9. The molecule has 0 fully saturated rings. The molecule has 0 spiro atoms. The molecular formula is C14H19BrFNO2. The summed E-state index contributed by atoms with van der Waals surface area (Å²) in [7, 11) is 0. The minimum atomic E-state index is -0.747. The monoisotopic (exact) mass is 331 g/mol. The van der Waals surface area contributed by atoms with Crippen LogP contribution in [0, 0.1) is 11.7 Å². The molecule has 3 nitrogen and oxygen atoms in total. The second kappa shape index (κ2) is 8.27. The van der Waals surface area contributed by atoms with Crippen molar-refractivity contribution in [2.45, 2.75) is 32.7 Å². The van der Waals surface area contributed by atoms with E-state index in [4.69, 9.17) is 5.11 Å². The van der Waals surface area contributed by atoms with Gasteiger partial charge in [-0.3, -0.25) is 4.79 Å². The summed E-state index contributed by atoms with van der Waals surface area (Å²) in [5.41, 5.74) is 0.887. The fourth-order valence-corrected chi connectivity index (χ4v) is 2.15. The van der Waals surface area contributed by atoms with Gasteiger partial charge in [0.05, 0.1) is 0 Å². The van der Waals surface area contributed by atoms with Crippen LogP contribution >= 0.6 is 15.9 Å². The van der Waals surface area contributed by atoms with Gasteiger partial charge in [-0.1, -0.05) is 22.9 Å².